The Bertz CT molecular complexity index is 800. The summed E-state index contributed by atoms with van der Waals surface area (Å²) >= 11 is 0. The standard InChI is InChI=1S/C21H24O5/c1-12-19(24-4)13(2)21-17(20(12)25-5)18(22)15(11-26-21)10-14-6-8-16(23-3)9-7-14/h6-9,15H,10-11H2,1-5H3/t15-/m1/s1. The van der Waals surface area contributed by atoms with Gasteiger partial charge in [0.1, 0.15) is 28.6 Å². The van der Waals surface area contributed by atoms with Gasteiger partial charge in [-0.05, 0) is 38.0 Å². The molecule has 1 aliphatic heterocycles. The SMILES string of the molecule is COc1ccc(C[C@@H]2COc3c(C)c(OC)c(C)c(OC)c3C2=O)cc1. The fourth-order valence-electron chi connectivity index (χ4n) is 3.59. The number of rotatable bonds is 5. The molecule has 1 heterocycles. The van der Waals surface area contributed by atoms with Crippen LogP contribution in [0, 0.1) is 19.8 Å². The molecular formula is C21H24O5. The van der Waals surface area contributed by atoms with Crippen molar-refractivity contribution >= 4 is 5.78 Å². The van der Waals surface area contributed by atoms with E-state index in [9.17, 15) is 4.79 Å². The zero-order valence-electron chi connectivity index (χ0n) is 15.8. The molecule has 0 bridgehead atoms. The Morgan fingerprint density at radius 1 is 0.962 bits per heavy atom. The smallest absolute Gasteiger partial charge is 0.177 e. The van der Waals surface area contributed by atoms with Crippen LogP contribution in [0.25, 0.3) is 0 Å². The van der Waals surface area contributed by atoms with E-state index in [1.165, 1.54) is 0 Å². The summed E-state index contributed by atoms with van der Waals surface area (Å²) in [4.78, 5) is 13.2. The lowest BCUT2D eigenvalue weighted by atomic mass is 9.87. The number of methoxy groups -OCH3 is 3. The highest BCUT2D eigenvalue weighted by Gasteiger charge is 2.35. The largest absolute Gasteiger partial charge is 0.497 e. The van der Waals surface area contributed by atoms with E-state index in [1.807, 2.05) is 38.1 Å². The molecule has 0 unspecified atom stereocenters. The van der Waals surface area contributed by atoms with Gasteiger partial charge in [-0.3, -0.25) is 4.79 Å². The van der Waals surface area contributed by atoms with Gasteiger partial charge in [-0.25, -0.2) is 0 Å². The molecule has 1 aliphatic rings. The zero-order valence-corrected chi connectivity index (χ0v) is 15.8. The van der Waals surface area contributed by atoms with Crippen molar-refractivity contribution in [3.63, 3.8) is 0 Å². The highest BCUT2D eigenvalue weighted by atomic mass is 16.5. The molecule has 2 aromatic rings. The van der Waals surface area contributed by atoms with Gasteiger partial charge in [0.2, 0.25) is 0 Å². The molecule has 5 heteroatoms. The Kier molecular flexibility index (Phi) is 5.07. The Labute approximate surface area is 153 Å². The van der Waals surface area contributed by atoms with E-state index < -0.39 is 0 Å². The monoisotopic (exact) mass is 356 g/mol. The second-order valence-electron chi connectivity index (χ2n) is 6.44. The van der Waals surface area contributed by atoms with Gasteiger partial charge < -0.3 is 18.9 Å². The summed E-state index contributed by atoms with van der Waals surface area (Å²) in [6.45, 7) is 4.14. The maximum atomic E-state index is 13.2. The number of carbonyl (C=O) groups excluding carboxylic acids is 1. The normalized spacial score (nSPS) is 15.9. The summed E-state index contributed by atoms with van der Waals surface area (Å²) in [5.41, 5.74) is 3.23. The lowest BCUT2D eigenvalue weighted by molar-refractivity contribution is 0.0823. The first-order valence-electron chi connectivity index (χ1n) is 8.56. The van der Waals surface area contributed by atoms with Crippen LogP contribution in [0.5, 0.6) is 23.0 Å². The molecular weight excluding hydrogens is 332 g/mol. The number of hydrogen-bond donors (Lipinski definition) is 0. The Balaban J connectivity index is 1.96. The van der Waals surface area contributed by atoms with Crippen LogP contribution in [0.15, 0.2) is 24.3 Å². The van der Waals surface area contributed by atoms with Crippen molar-refractivity contribution in [2.75, 3.05) is 27.9 Å². The Hall–Kier alpha value is -2.69. The highest BCUT2D eigenvalue weighted by molar-refractivity contribution is 6.05. The number of benzene rings is 2. The van der Waals surface area contributed by atoms with Crippen LogP contribution in [0.4, 0.5) is 0 Å². The summed E-state index contributed by atoms with van der Waals surface area (Å²) in [6, 6.07) is 7.75. The van der Waals surface area contributed by atoms with Gasteiger partial charge in [0, 0.05) is 11.1 Å². The van der Waals surface area contributed by atoms with Crippen molar-refractivity contribution in [3.8, 4) is 23.0 Å². The van der Waals surface area contributed by atoms with Crippen molar-refractivity contribution in [1.82, 2.24) is 0 Å². The van der Waals surface area contributed by atoms with E-state index in [-0.39, 0.29) is 11.7 Å². The molecule has 5 nitrogen and oxygen atoms in total. The molecule has 0 radical (unpaired) electrons. The number of carbonyl (C=O) groups is 1. The van der Waals surface area contributed by atoms with Crippen molar-refractivity contribution in [2.24, 2.45) is 5.92 Å². The topological polar surface area (TPSA) is 54.0 Å². The van der Waals surface area contributed by atoms with Crippen molar-refractivity contribution in [2.45, 2.75) is 20.3 Å². The van der Waals surface area contributed by atoms with Gasteiger partial charge in [-0.15, -0.1) is 0 Å². The Morgan fingerprint density at radius 3 is 2.19 bits per heavy atom. The highest BCUT2D eigenvalue weighted by Crippen LogP contribution is 2.45. The molecule has 0 saturated heterocycles. The van der Waals surface area contributed by atoms with E-state index in [0.29, 0.717) is 35.8 Å². The van der Waals surface area contributed by atoms with Gasteiger partial charge in [-0.1, -0.05) is 12.1 Å². The van der Waals surface area contributed by atoms with Gasteiger partial charge in [-0.2, -0.15) is 0 Å². The fourth-order valence-corrected chi connectivity index (χ4v) is 3.59. The zero-order chi connectivity index (χ0) is 18.8. The first-order valence-corrected chi connectivity index (χ1v) is 8.56. The number of ether oxygens (including phenoxy) is 4. The summed E-state index contributed by atoms with van der Waals surface area (Å²) in [5.74, 6) is 2.39. The third-order valence-electron chi connectivity index (χ3n) is 4.91. The third kappa shape index (κ3) is 2.98. The van der Waals surface area contributed by atoms with E-state index in [0.717, 1.165) is 22.4 Å². The summed E-state index contributed by atoms with van der Waals surface area (Å²) in [6.07, 6.45) is 0.607. The van der Waals surface area contributed by atoms with Gasteiger partial charge in [0.15, 0.2) is 5.78 Å². The molecule has 0 spiro atoms. The summed E-state index contributed by atoms with van der Waals surface area (Å²) < 4.78 is 22.2. The van der Waals surface area contributed by atoms with Crippen LogP contribution in [-0.2, 0) is 6.42 Å². The lowest BCUT2D eigenvalue weighted by Crippen LogP contribution is -2.30. The van der Waals surface area contributed by atoms with E-state index in [1.54, 1.807) is 21.3 Å². The Morgan fingerprint density at radius 2 is 1.62 bits per heavy atom. The molecule has 1 atom stereocenters. The molecule has 0 saturated carbocycles. The summed E-state index contributed by atoms with van der Waals surface area (Å²) in [7, 11) is 4.81. The van der Waals surface area contributed by atoms with Gasteiger partial charge in [0.05, 0.1) is 33.9 Å². The predicted molar refractivity (Wildman–Crippen MR) is 99.0 cm³/mol. The first-order chi connectivity index (χ1) is 12.5. The van der Waals surface area contributed by atoms with Crippen LogP contribution in [0.3, 0.4) is 0 Å². The van der Waals surface area contributed by atoms with Crippen LogP contribution in [0.2, 0.25) is 0 Å². The fraction of sp³-hybridized carbons (Fsp3) is 0.381. The molecule has 138 valence electrons. The number of Topliss-reactive ketones (excluding diaryl/α,β-unsaturated/α-hetero) is 1. The van der Waals surface area contributed by atoms with Crippen molar-refractivity contribution < 1.29 is 23.7 Å². The number of fused-ring (bicyclic) bond motifs is 1. The van der Waals surface area contributed by atoms with E-state index >= 15 is 0 Å². The molecule has 0 aromatic heterocycles. The molecule has 2 aromatic carbocycles. The minimum absolute atomic E-state index is 0.0489. The lowest BCUT2D eigenvalue weighted by Gasteiger charge is -2.29. The van der Waals surface area contributed by atoms with Crippen LogP contribution in [-0.4, -0.2) is 33.7 Å². The van der Waals surface area contributed by atoms with E-state index in [2.05, 4.69) is 0 Å². The molecule has 0 N–H and O–H groups in total. The van der Waals surface area contributed by atoms with Crippen LogP contribution < -0.4 is 18.9 Å². The third-order valence-corrected chi connectivity index (χ3v) is 4.91. The quantitative estimate of drug-likeness (QED) is 0.816. The van der Waals surface area contributed by atoms with E-state index in [4.69, 9.17) is 18.9 Å². The maximum absolute atomic E-state index is 13.2. The second-order valence-corrected chi connectivity index (χ2v) is 6.44. The summed E-state index contributed by atoms with van der Waals surface area (Å²) in [5, 5.41) is 0. The average Bonchev–Trinajstić information content (AvgIpc) is 2.65. The van der Waals surface area contributed by atoms with Crippen LogP contribution in [0.1, 0.15) is 27.0 Å². The molecule has 3 rings (SSSR count). The number of ketones is 1. The van der Waals surface area contributed by atoms with Crippen LogP contribution >= 0.6 is 0 Å². The maximum Gasteiger partial charge on any atom is 0.177 e. The van der Waals surface area contributed by atoms with Gasteiger partial charge in [0.25, 0.3) is 0 Å². The molecule has 0 aliphatic carbocycles. The molecule has 0 amide bonds. The second kappa shape index (κ2) is 7.28. The minimum atomic E-state index is -0.253. The van der Waals surface area contributed by atoms with Gasteiger partial charge >= 0.3 is 0 Å². The number of hydrogen-bond acceptors (Lipinski definition) is 5. The molecule has 0 fully saturated rings. The first kappa shape index (κ1) is 18.1. The minimum Gasteiger partial charge on any atom is -0.497 e. The van der Waals surface area contributed by atoms with Crippen molar-refractivity contribution in [1.29, 1.82) is 0 Å². The molecule has 26 heavy (non-hydrogen) atoms. The predicted octanol–water partition coefficient (Wildman–Crippen LogP) is 3.76. The van der Waals surface area contributed by atoms with Crippen molar-refractivity contribution in [3.05, 3.63) is 46.5 Å². The average molecular weight is 356 g/mol.